The van der Waals surface area contributed by atoms with Crippen LogP contribution in [0.15, 0.2) is 93.3 Å². The van der Waals surface area contributed by atoms with Gasteiger partial charge in [0, 0.05) is 9.79 Å². The summed E-state index contributed by atoms with van der Waals surface area (Å²) in [6, 6.07) is 24.9. The van der Waals surface area contributed by atoms with Gasteiger partial charge >= 0.3 is 0 Å². The topological polar surface area (TPSA) is 0 Å². The van der Waals surface area contributed by atoms with Crippen LogP contribution in [0, 0.1) is 0 Å². The first-order valence-corrected chi connectivity index (χ1v) is 8.96. The van der Waals surface area contributed by atoms with Gasteiger partial charge < -0.3 is 0 Å². The molecule has 0 atom stereocenters. The van der Waals surface area contributed by atoms with Crippen LogP contribution in [0.3, 0.4) is 0 Å². The van der Waals surface area contributed by atoms with E-state index in [0.29, 0.717) is 0 Å². The molecule has 96 valence electrons. The van der Waals surface area contributed by atoms with Gasteiger partial charge in [-0.05, 0) is 35.0 Å². The second-order valence-electron chi connectivity index (χ2n) is 3.59. The molecule has 0 nitrogen and oxygen atoms in total. The van der Waals surface area contributed by atoms with Gasteiger partial charge in [0.25, 0.3) is 0 Å². The van der Waals surface area contributed by atoms with Crippen molar-refractivity contribution in [1.29, 1.82) is 0 Å². The van der Waals surface area contributed by atoms with Crippen molar-refractivity contribution < 1.29 is 0 Å². The van der Waals surface area contributed by atoms with Gasteiger partial charge in [0.05, 0.1) is 0 Å². The molecule has 3 aromatic rings. The Morgan fingerprint density at radius 1 is 0.526 bits per heavy atom. The molecule has 0 amide bonds. The first-order chi connectivity index (χ1) is 9.45. The van der Waals surface area contributed by atoms with Crippen molar-refractivity contribution in [3.63, 3.8) is 0 Å². The Bertz CT molecular complexity index is 476. The fourth-order valence-corrected chi connectivity index (χ4v) is 3.70. The zero-order valence-corrected chi connectivity index (χ0v) is 12.8. The van der Waals surface area contributed by atoms with E-state index in [1.807, 2.05) is 35.0 Å². The van der Waals surface area contributed by atoms with E-state index in [1.54, 1.807) is 32.9 Å². The van der Waals surface area contributed by atoms with Gasteiger partial charge in [0.1, 0.15) is 0 Å². The summed E-state index contributed by atoms with van der Waals surface area (Å²) in [6.07, 6.45) is 0. The Kier molecular flexibility index (Phi) is 6.65. The predicted molar refractivity (Wildman–Crippen MR) is 88.9 cm³/mol. The number of benzene rings is 2. The second kappa shape index (κ2) is 8.86. The van der Waals surface area contributed by atoms with Crippen LogP contribution in [0.2, 0.25) is 0 Å². The van der Waals surface area contributed by atoms with Crippen molar-refractivity contribution in [1.82, 2.24) is 0 Å². The van der Waals surface area contributed by atoms with Gasteiger partial charge in [-0.15, -0.1) is 0 Å². The average molecular weight is 302 g/mol. The Balaban J connectivity index is 0.000000224. The lowest BCUT2D eigenvalue weighted by atomic mass is 10.4. The highest BCUT2D eigenvalue weighted by atomic mass is 33.1. The molecule has 0 saturated carbocycles. The molecule has 0 aliphatic rings. The monoisotopic (exact) mass is 302 g/mol. The standard InChI is InChI=1S/C12H10S2.C4H4S/c1-3-7-11(8-4-1)13-14-12-9-5-2-6-10-12;1-2-4-5-3-1/h1-10H;1-4H. The Morgan fingerprint density at radius 2 is 0.947 bits per heavy atom. The van der Waals surface area contributed by atoms with E-state index in [2.05, 4.69) is 48.5 Å². The molecular weight excluding hydrogens is 288 g/mol. The van der Waals surface area contributed by atoms with E-state index >= 15 is 0 Å². The summed E-state index contributed by atoms with van der Waals surface area (Å²) >= 11 is 1.71. The fraction of sp³-hybridized carbons (Fsp3) is 0. The van der Waals surface area contributed by atoms with Gasteiger partial charge in [-0.3, -0.25) is 0 Å². The zero-order valence-electron chi connectivity index (χ0n) is 10.3. The lowest BCUT2D eigenvalue weighted by molar-refractivity contribution is 1.47. The molecule has 3 heteroatoms. The Hall–Kier alpha value is -1.16. The molecule has 0 unspecified atom stereocenters. The molecule has 0 aliphatic carbocycles. The minimum Gasteiger partial charge on any atom is -0.152 e. The summed E-state index contributed by atoms with van der Waals surface area (Å²) in [6.45, 7) is 0. The van der Waals surface area contributed by atoms with Gasteiger partial charge in [-0.2, -0.15) is 11.3 Å². The third-order valence-electron chi connectivity index (χ3n) is 2.15. The molecule has 0 bridgehead atoms. The highest BCUT2D eigenvalue weighted by Crippen LogP contribution is 2.36. The largest absolute Gasteiger partial charge is 0.152 e. The highest BCUT2D eigenvalue weighted by molar-refractivity contribution is 8.76. The number of thiophene rings is 1. The van der Waals surface area contributed by atoms with Crippen LogP contribution in [0.25, 0.3) is 0 Å². The van der Waals surface area contributed by atoms with E-state index < -0.39 is 0 Å². The van der Waals surface area contributed by atoms with Crippen LogP contribution in [0.5, 0.6) is 0 Å². The molecule has 2 aromatic carbocycles. The molecule has 0 aliphatic heterocycles. The Labute approximate surface area is 126 Å². The first kappa shape index (κ1) is 14.3. The highest BCUT2D eigenvalue weighted by Gasteiger charge is 1.94. The molecule has 1 heterocycles. The smallest absolute Gasteiger partial charge is 0.0186 e. The summed E-state index contributed by atoms with van der Waals surface area (Å²) < 4.78 is 0. The van der Waals surface area contributed by atoms with Gasteiger partial charge in [-0.25, -0.2) is 0 Å². The van der Waals surface area contributed by atoms with E-state index in [0.717, 1.165) is 0 Å². The lowest BCUT2D eigenvalue weighted by Gasteiger charge is -1.99. The summed E-state index contributed by atoms with van der Waals surface area (Å²) in [5.41, 5.74) is 0. The van der Waals surface area contributed by atoms with Crippen molar-refractivity contribution in [2.75, 3.05) is 0 Å². The molecule has 3 rings (SSSR count). The maximum Gasteiger partial charge on any atom is 0.0186 e. The van der Waals surface area contributed by atoms with Crippen molar-refractivity contribution >= 4 is 32.9 Å². The van der Waals surface area contributed by atoms with Gasteiger partial charge in [0.15, 0.2) is 0 Å². The van der Waals surface area contributed by atoms with Crippen LogP contribution >= 0.6 is 32.9 Å². The van der Waals surface area contributed by atoms with Crippen LogP contribution in [0.1, 0.15) is 0 Å². The van der Waals surface area contributed by atoms with E-state index in [9.17, 15) is 0 Å². The molecule has 0 spiro atoms. The molecule has 1 aromatic heterocycles. The third kappa shape index (κ3) is 6.01. The van der Waals surface area contributed by atoms with Crippen LogP contribution in [-0.4, -0.2) is 0 Å². The molecule has 0 radical (unpaired) electrons. The lowest BCUT2D eigenvalue weighted by Crippen LogP contribution is -1.67. The fourth-order valence-electron chi connectivity index (χ4n) is 1.28. The molecule has 0 N–H and O–H groups in total. The minimum absolute atomic E-state index is 1.29. The molecular formula is C16H14S3. The third-order valence-corrected chi connectivity index (χ3v) is 5.19. The van der Waals surface area contributed by atoms with Crippen molar-refractivity contribution in [2.24, 2.45) is 0 Å². The van der Waals surface area contributed by atoms with E-state index in [1.165, 1.54) is 9.79 Å². The average Bonchev–Trinajstić information content (AvgIpc) is 3.07. The van der Waals surface area contributed by atoms with Gasteiger partial charge in [-0.1, -0.05) is 70.1 Å². The maximum absolute atomic E-state index is 2.13. The number of hydrogen-bond acceptors (Lipinski definition) is 3. The van der Waals surface area contributed by atoms with Crippen LogP contribution in [-0.2, 0) is 0 Å². The summed E-state index contributed by atoms with van der Waals surface area (Å²) in [5.74, 6) is 0. The van der Waals surface area contributed by atoms with Gasteiger partial charge in [0.2, 0.25) is 0 Å². The number of hydrogen-bond donors (Lipinski definition) is 0. The quantitative estimate of drug-likeness (QED) is 0.526. The van der Waals surface area contributed by atoms with Crippen LogP contribution < -0.4 is 0 Å². The van der Waals surface area contributed by atoms with Crippen LogP contribution in [0.4, 0.5) is 0 Å². The van der Waals surface area contributed by atoms with E-state index in [-0.39, 0.29) is 0 Å². The van der Waals surface area contributed by atoms with Crippen molar-refractivity contribution in [3.8, 4) is 0 Å². The van der Waals surface area contributed by atoms with Crippen molar-refractivity contribution in [2.45, 2.75) is 9.79 Å². The normalized spacial score (nSPS) is 9.47. The summed E-state index contributed by atoms with van der Waals surface area (Å²) in [4.78, 5) is 2.59. The maximum atomic E-state index is 2.13. The minimum atomic E-state index is 1.29. The Morgan fingerprint density at radius 3 is 1.26 bits per heavy atom. The van der Waals surface area contributed by atoms with Crippen molar-refractivity contribution in [3.05, 3.63) is 83.6 Å². The molecule has 19 heavy (non-hydrogen) atoms. The SMILES string of the molecule is c1ccc(SSc2ccccc2)cc1.c1ccsc1. The number of rotatable bonds is 3. The summed E-state index contributed by atoms with van der Waals surface area (Å²) in [7, 11) is 3.58. The molecule has 0 fully saturated rings. The second-order valence-corrected chi connectivity index (χ2v) is 6.68. The van der Waals surface area contributed by atoms with E-state index in [4.69, 9.17) is 0 Å². The zero-order chi connectivity index (χ0) is 13.2. The molecule has 0 saturated heterocycles. The summed E-state index contributed by atoms with van der Waals surface area (Å²) in [5, 5.41) is 4.08. The first-order valence-electron chi connectivity index (χ1n) is 5.87. The predicted octanol–water partition coefficient (Wildman–Crippen LogP) is 6.23.